The summed E-state index contributed by atoms with van der Waals surface area (Å²) in [5, 5.41) is 0.488. The predicted octanol–water partition coefficient (Wildman–Crippen LogP) is 3.49. The molecule has 1 saturated carbocycles. The van der Waals surface area contributed by atoms with Crippen LogP contribution in [0.1, 0.15) is 29.4 Å². The van der Waals surface area contributed by atoms with Gasteiger partial charge in [0.05, 0.1) is 0 Å². The van der Waals surface area contributed by atoms with Gasteiger partial charge in [0, 0.05) is 22.6 Å². The molecule has 0 aromatic heterocycles. The summed E-state index contributed by atoms with van der Waals surface area (Å²) in [5.41, 5.74) is 2.82. The third-order valence-corrected chi connectivity index (χ3v) is 4.38. The average Bonchev–Trinajstić information content (AvgIpc) is 2.56. The van der Waals surface area contributed by atoms with Gasteiger partial charge in [-0.05, 0) is 17.5 Å². The number of halogens is 2. The van der Waals surface area contributed by atoms with Crippen LogP contribution in [-0.2, 0) is 0 Å². The highest BCUT2D eigenvalue weighted by Crippen LogP contribution is 2.57. The van der Waals surface area contributed by atoms with E-state index >= 15 is 0 Å². The molecule has 0 aliphatic heterocycles. The second-order valence-corrected chi connectivity index (χ2v) is 5.02. The lowest BCUT2D eigenvalue weighted by Crippen LogP contribution is -2.10. The lowest BCUT2D eigenvalue weighted by molar-refractivity contribution is 0.726. The van der Waals surface area contributed by atoms with Crippen LogP contribution in [0.5, 0.6) is 0 Å². The molecule has 13 heavy (non-hydrogen) atoms. The van der Waals surface area contributed by atoms with Crippen molar-refractivity contribution in [2.75, 3.05) is 0 Å². The lowest BCUT2D eigenvalue weighted by atomic mass is 9.92. The van der Waals surface area contributed by atoms with E-state index in [2.05, 4.69) is 24.3 Å². The van der Waals surface area contributed by atoms with Crippen LogP contribution >= 0.6 is 23.2 Å². The molecule has 0 nitrogen and oxygen atoms in total. The summed E-state index contributed by atoms with van der Waals surface area (Å²) < 4.78 is 0. The molecule has 0 spiro atoms. The van der Waals surface area contributed by atoms with E-state index in [0.29, 0.717) is 11.8 Å². The third kappa shape index (κ3) is 0.936. The number of fused-ring (bicyclic) bond motifs is 5. The normalized spacial score (nSPS) is 40.8. The number of alkyl halides is 2. The fourth-order valence-electron chi connectivity index (χ4n) is 2.79. The molecule has 2 heteroatoms. The Bertz CT molecular complexity index is 348. The van der Waals surface area contributed by atoms with Gasteiger partial charge in [0.15, 0.2) is 0 Å². The zero-order valence-electron chi connectivity index (χ0n) is 7.08. The van der Waals surface area contributed by atoms with Crippen molar-refractivity contribution in [3.05, 3.63) is 35.4 Å². The summed E-state index contributed by atoms with van der Waals surface area (Å²) in [6.45, 7) is 0. The van der Waals surface area contributed by atoms with Crippen molar-refractivity contribution in [3.8, 4) is 0 Å². The molecule has 0 saturated heterocycles. The Morgan fingerprint density at radius 2 is 1.77 bits per heavy atom. The highest BCUT2D eigenvalue weighted by molar-refractivity contribution is 6.26. The number of rotatable bonds is 0. The molecule has 2 aliphatic rings. The largest absolute Gasteiger partial charge is 0.122 e. The third-order valence-electron chi connectivity index (χ3n) is 3.35. The van der Waals surface area contributed by atoms with E-state index in [1.807, 2.05) is 0 Å². The van der Waals surface area contributed by atoms with Crippen molar-refractivity contribution in [1.29, 1.82) is 0 Å². The monoisotopic (exact) mass is 212 g/mol. The molecule has 0 heterocycles. The Morgan fingerprint density at radius 1 is 1.08 bits per heavy atom. The Hall–Kier alpha value is -0.200. The van der Waals surface area contributed by atoms with Crippen LogP contribution in [0.2, 0.25) is 0 Å². The van der Waals surface area contributed by atoms with Crippen LogP contribution in [0.15, 0.2) is 24.3 Å². The maximum Gasteiger partial charge on any atom is 0.0488 e. The van der Waals surface area contributed by atoms with Crippen molar-refractivity contribution in [3.63, 3.8) is 0 Å². The van der Waals surface area contributed by atoms with E-state index in [-0.39, 0.29) is 10.8 Å². The van der Waals surface area contributed by atoms with E-state index in [1.54, 1.807) is 0 Å². The molecule has 2 bridgehead atoms. The molecule has 0 amide bonds. The Morgan fingerprint density at radius 3 is 2.54 bits per heavy atom. The van der Waals surface area contributed by atoms with E-state index in [0.717, 1.165) is 6.42 Å². The van der Waals surface area contributed by atoms with Gasteiger partial charge in [-0.15, -0.1) is 23.2 Å². The summed E-state index contributed by atoms with van der Waals surface area (Å²) in [7, 11) is 0. The lowest BCUT2D eigenvalue weighted by Gasteiger charge is -2.18. The zero-order chi connectivity index (χ0) is 9.00. The quantitative estimate of drug-likeness (QED) is 0.578. The zero-order valence-corrected chi connectivity index (χ0v) is 8.59. The van der Waals surface area contributed by atoms with E-state index in [4.69, 9.17) is 23.2 Å². The smallest absolute Gasteiger partial charge is 0.0488 e. The molecule has 1 aromatic rings. The first-order valence-corrected chi connectivity index (χ1v) is 5.53. The molecule has 3 rings (SSSR count). The van der Waals surface area contributed by atoms with Crippen LogP contribution in [0.4, 0.5) is 0 Å². The molecule has 4 atom stereocenters. The van der Waals surface area contributed by atoms with E-state index < -0.39 is 0 Å². The van der Waals surface area contributed by atoms with Gasteiger partial charge < -0.3 is 0 Å². The van der Waals surface area contributed by atoms with Crippen LogP contribution < -0.4 is 0 Å². The predicted molar refractivity (Wildman–Crippen MR) is 55.8 cm³/mol. The van der Waals surface area contributed by atoms with Crippen molar-refractivity contribution < 1.29 is 0 Å². The van der Waals surface area contributed by atoms with Gasteiger partial charge in [-0.25, -0.2) is 0 Å². The first kappa shape index (κ1) is 8.14. The van der Waals surface area contributed by atoms with Gasteiger partial charge in [0.1, 0.15) is 0 Å². The van der Waals surface area contributed by atoms with Crippen molar-refractivity contribution in [2.24, 2.45) is 0 Å². The molecule has 0 radical (unpaired) electrons. The van der Waals surface area contributed by atoms with Crippen LogP contribution in [0.25, 0.3) is 0 Å². The summed E-state index contributed by atoms with van der Waals surface area (Å²) >= 11 is 12.6. The average molecular weight is 213 g/mol. The molecule has 1 aromatic carbocycles. The van der Waals surface area contributed by atoms with Crippen molar-refractivity contribution in [1.82, 2.24) is 0 Å². The molecule has 4 unspecified atom stereocenters. The van der Waals surface area contributed by atoms with Crippen LogP contribution in [0.3, 0.4) is 0 Å². The summed E-state index contributed by atoms with van der Waals surface area (Å²) in [6.07, 6.45) is 1.05. The molecule has 1 fully saturated rings. The summed E-state index contributed by atoms with van der Waals surface area (Å²) in [4.78, 5) is 0. The second-order valence-electron chi connectivity index (χ2n) is 3.96. The van der Waals surface area contributed by atoms with Crippen LogP contribution in [0, 0.1) is 0 Å². The van der Waals surface area contributed by atoms with Gasteiger partial charge in [-0.1, -0.05) is 24.3 Å². The maximum atomic E-state index is 6.35. The number of hydrogen-bond acceptors (Lipinski definition) is 0. The highest BCUT2D eigenvalue weighted by Gasteiger charge is 2.49. The standard InChI is InChI=1S/C11H10Cl2/c12-9-5-8-6-3-1-2-4-7(6)10(9)11(8)13/h1-4,8-11H,5H2. The number of hydrogen-bond donors (Lipinski definition) is 0. The van der Waals surface area contributed by atoms with E-state index in [1.165, 1.54) is 11.1 Å². The summed E-state index contributed by atoms with van der Waals surface area (Å²) in [6, 6.07) is 8.53. The summed E-state index contributed by atoms with van der Waals surface area (Å²) in [5.74, 6) is 0.898. The van der Waals surface area contributed by atoms with Gasteiger partial charge in [-0.3, -0.25) is 0 Å². The Balaban J connectivity index is 2.18. The molecule has 2 aliphatic carbocycles. The minimum atomic E-state index is 0.236. The number of benzene rings is 1. The minimum absolute atomic E-state index is 0.236. The SMILES string of the molecule is ClC1CC2c3ccccc3C1C2Cl. The van der Waals surface area contributed by atoms with Gasteiger partial charge in [-0.2, -0.15) is 0 Å². The van der Waals surface area contributed by atoms with Crippen molar-refractivity contribution >= 4 is 23.2 Å². The fraction of sp³-hybridized carbons (Fsp3) is 0.455. The second kappa shape index (κ2) is 2.65. The minimum Gasteiger partial charge on any atom is -0.122 e. The molecule has 0 N–H and O–H groups in total. The molecular weight excluding hydrogens is 203 g/mol. The molecule has 68 valence electrons. The first-order chi connectivity index (χ1) is 6.29. The van der Waals surface area contributed by atoms with Gasteiger partial charge in [0.2, 0.25) is 0 Å². The first-order valence-electron chi connectivity index (χ1n) is 4.66. The topological polar surface area (TPSA) is 0 Å². The Labute approximate surface area is 87.9 Å². The maximum absolute atomic E-state index is 6.35. The van der Waals surface area contributed by atoms with Crippen molar-refractivity contribution in [2.45, 2.75) is 29.0 Å². The van der Waals surface area contributed by atoms with Gasteiger partial charge in [0.25, 0.3) is 0 Å². The van der Waals surface area contributed by atoms with E-state index in [9.17, 15) is 0 Å². The highest BCUT2D eigenvalue weighted by atomic mass is 35.5. The van der Waals surface area contributed by atoms with Gasteiger partial charge >= 0.3 is 0 Å². The van der Waals surface area contributed by atoms with Crippen LogP contribution in [-0.4, -0.2) is 10.8 Å². The fourth-order valence-corrected chi connectivity index (χ4v) is 3.89. The molecular formula is C11H10Cl2. The Kier molecular flexibility index (Phi) is 1.66.